The number of hydrogen-bond donors (Lipinski definition) is 1. The van der Waals surface area contributed by atoms with Crippen molar-refractivity contribution >= 4 is 23.9 Å². The molecular weight excluding hydrogens is 695 g/mol. The third kappa shape index (κ3) is 13.0. The first-order valence-electron chi connectivity index (χ1n) is 22.2. The van der Waals surface area contributed by atoms with Crippen LogP contribution in [0.2, 0.25) is 0 Å². The molecule has 0 heterocycles. The summed E-state index contributed by atoms with van der Waals surface area (Å²) < 4.78 is 17.1. The van der Waals surface area contributed by atoms with Gasteiger partial charge in [-0.3, -0.25) is 19.2 Å². The number of carboxylic acid groups (broad SMARTS) is 1. The van der Waals surface area contributed by atoms with E-state index < -0.39 is 18.0 Å². The largest absolute Gasteiger partial charge is 0.481 e. The maximum Gasteiger partial charge on any atom is 0.306 e. The summed E-state index contributed by atoms with van der Waals surface area (Å²) in [5, 5.41) is 8.73. The highest BCUT2D eigenvalue weighted by molar-refractivity contribution is 5.77. The van der Waals surface area contributed by atoms with Crippen LogP contribution >= 0.6 is 0 Å². The lowest BCUT2D eigenvalue weighted by atomic mass is 9.47. The average molecular weight is 772 g/mol. The number of hydrogen-bond acceptors (Lipinski definition) is 8. The van der Waals surface area contributed by atoms with Crippen LogP contribution in [-0.2, 0) is 33.4 Å². The molecule has 3 fully saturated rings. The first-order valence-corrected chi connectivity index (χ1v) is 22.2. The van der Waals surface area contributed by atoms with E-state index in [-0.39, 0.29) is 55.7 Å². The van der Waals surface area contributed by atoms with Gasteiger partial charge in [-0.15, -0.1) is 0 Å². The van der Waals surface area contributed by atoms with Crippen LogP contribution in [0.5, 0.6) is 0 Å². The predicted octanol–water partition coefficient (Wildman–Crippen LogP) is 9.94. The van der Waals surface area contributed by atoms with Crippen LogP contribution in [0.3, 0.4) is 0 Å². The van der Waals surface area contributed by atoms with Crippen LogP contribution in [0.25, 0.3) is 0 Å². The van der Waals surface area contributed by atoms with Crippen LogP contribution in [0.4, 0.5) is 0 Å². The van der Waals surface area contributed by atoms with Crippen molar-refractivity contribution < 1.29 is 38.5 Å². The van der Waals surface area contributed by atoms with Gasteiger partial charge in [-0.25, -0.2) is 0 Å². The third-order valence-corrected chi connectivity index (χ3v) is 14.4. The zero-order chi connectivity index (χ0) is 40.2. The third-order valence-electron chi connectivity index (χ3n) is 14.4. The van der Waals surface area contributed by atoms with E-state index >= 15 is 0 Å². The summed E-state index contributed by atoms with van der Waals surface area (Å²) in [5.41, 5.74) is 2.15. The molecule has 9 atom stereocenters. The number of carboxylic acids is 1. The molecular formula is C46H77NO8. The molecule has 0 aromatic heterocycles. The van der Waals surface area contributed by atoms with Crippen molar-refractivity contribution in [3.8, 4) is 0 Å². The van der Waals surface area contributed by atoms with Gasteiger partial charge in [0.05, 0.1) is 12.8 Å². The minimum Gasteiger partial charge on any atom is -0.481 e. The zero-order valence-electron chi connectivity index (χ0n) is 35.7. The fraction of sp³-hybridized carbons (Fsp3) is 0.870. The lowest BCUT2D eigenvalue weighted by Crippen LogP contribution is -2.51. The highest BCUT2D eigenvalue weighted by Crippen LogP contribution is 2.67. The predicted molar refractivity (Wildman–Crippen MR) is 216 cm³/mol. The SMILES string of the molecule is CC(C)CCCC(C)C1CCC2C3CC=C4CC(OC(=O)CCC(=O)OCC(CN(C)C)OC(=O)CCCCCCCCC(=O)O)CCC4(C)C3CCC12C. The molecule has 0 amide bonds. The Morgan fingerprint density at radius 1 is 0.800 bits per heavy atom. The second-order valence-electron chi connectivity index (χ2n) is 19.2. The van der Waals surface area contributed by atoms with Crippen LogP contribution in [-0.4, -0.2) is 73.3 Å². The fourth-order valence-electron chi connectivity index (χ4n) is 11.5. The number of likely N-dealkylation sites (N-methyl/N-ethyl adjacent to an activating group) is 1. The van der Waals surface area contributed by atoms with E-state index in [1.165, 1.54) is 56.9 Å². The first kappa shape index (κ1) is 45.3. The Bertz CT molecular complexity index is 1290. The fourth-order valence-corrected chi connectivity index (χ4v) is 11.5. The number of carbonyl (C=O) groups is 4. The van der Waals surface area contributed by atoms with Gasteiger partial charge in [0.25, 0.3) is 0 Å². The molecule has 314 valence electrons. The van der Waals surface area contributed by atoms with Crippen molar-refractivity contribution in [2.24, 2.45) is 46.3 Å². The van der Waals surface area contributed by atoms with Crippen molar-refractivity contribution in [2.75, 3.05) is 27.2 Å². The van der Waals surface area contributed by atoms with Crippen LogP contribution in [0.15, 0.2) is 11.6 Å². The number of aliphatic carboxylic acids is 1. The van der Waals surface area contributed by atoms with Crippen LogP contribution in [0, 0.1) is 46.3 Å². The van der Waals surface area contributed by atoms with Gasteiger partial charge in [0.15, 0.2) is 0 Å². The highest BCUT2D eigenvalue weighted by Gasteiger charge is 2.59. The molecule has 0 aromatic carbocycles. The standard InChI is InChI=1S/C46H77NO8/c1-32(2)15-14-16-33(3)38-21-22-39-37-20-19-34-29-35(25-27-45(34,4)40(37)26-28-46(38,39)5)54-44(52)24-23-42(50)53-31-36(30-47(6)7)55-43(51)18-13-11-9-8-10-12-17-41(48)49/h19,32-33,35-40H,8-18,20-31H2,1-7H3,(H,48,49). The molecule has 0 bridgehead atoms. The molecule has 0 aliphatic heterocycles. The Kier molecular flexibility index (Phi) is 17.6. The van der Waals surface area contributed by atoms with Gasteiger partial charge in [-0.1, -0.05) is 91.2 Å². The van der Waals surface area contributed by atoms with Crippen molar-refractivity contribution in [3.05, 3.63) is 11.6 Å². The number of ether oxygens (including phenoxy) is 3. The number of allylic oxidation sites excluding steroid dienone is 1. The second-order valence-corrected chi connectivity index (χ2v) is 19.2. The number of rotatable bonds is 23. The summed E-state index contributed by atoms with van der Waals surface area (Å²) >= 11 is 0. The maximum atomic E-state index is 12.9. The summed E-state index contributed by atoms with van der Waals surface area (Å²) in [4.78, 5) is 50.6. The molecule has 4 rings (SSSR count). The lowest BCUT2D eigenvalue weighted by molar-refractivity contribution is -0.161. The molecule has 0 saturated heterocycles. The molecule has 9 unspecified atom stereocenters. The van der Waals surface area contributed by atoms with Crippen LogP contribution < -0.4 is 0 Å². The van der Waals surface area contributed by atoms with Gasteiger partial charge >= 0.3 is 23.9 Å². The minimum atomic E-state index is -0.763. The molecule has 9 heteroatoms. The summed E-state index contributed by atoms with van der Waals surface area (Å²) in [6, 6.07) is 0. The summed E-state index contributed by atoms with van der Waals surface area (Å²) in [6.45, 7) is 12.7. The number of esters is 3. The van der Waals surface area contributed by atoms with E-state index in [1.807, 2.05) is 19.0 Å². The Balaban J connectivity index is 1.17. The molecule has 0 aromatic rings. The Hall–Kier alpha value is -2.42. The smallest absolute Gasteiger partial charge is 0.306 e. The second kappa shape index (κ2) is 21.4. The van der Waals surface area contributed by atoms with Gasteiger partial charge in [-0.05, 0) is 118 Å². The van der Waals surface area contributed by atoms with Gasteiger partial charge in [0, 0.05) is 25.8 Å². The monoisotopic (exact) mass is 772 g/mol. The van der Waals surface area contributed by atoms with E-state index in [1.54, 1.807) is 0 Å². The maximum absolute atomic E-state index is 12.9. The number of unbranched alkanes of at least 4 members (excludes halogenated alkanes) is 5. The number of nitrogens with zero attached hydrogens (tertiary/aromatic N) is 1. The van der Waals surface area contributed by atoms with Gasteiger partial charge in [-0.2, -0.15) is 0 Å². The average Bonchev–Trinajstić information content (AvgIpc) is 3.47. The quantitative estimate of drug-likeness (QED) is 0.0469. The van der Waals surface area contributed by atoms with Gasteiger partial charge < -0.3 is 24.2 Å². The molecule has 3 saturated carbocycles. The van der Waals surface area contributed by atoms with Crippen molar-refractivity contribution in [2.45, 2.75) is 182 Å². The van der Waals surface area contributed by atoms with Gasteiger partial charge in [0.2, 0.25) is 0 Å². The molecule has 9 nitrogen and oxygen atoms in total. The van der Waals surface area contributed by atoms with E-state index in [2.05, 4.69) is 40.7 Å². The summed E-state index contributed by atoms with van der Waals surface area (Å²) in [5.74, 6) is 2.83. The molecule has 1 N–H and O–H groups in total. The molecule has 0 radical (unpaired) electrons. The van der Waals surface area contributed by atoms with Crippen molar-refractivity contribution in [1.82, 2.24) is 4.90 Å². The number of fused-ring (bicyclic) bond motifs is 5. The molecule has 0 spiro atoms. The van der Waals surface area contributed by atoms with Crippen molar-refractivity contribution in [3.63, 3.8) is 0 Å². The number of carbonyl (C=O) groups excluding carboxylic acids is 3. The van der Waals surface area contributed by atoms with E-state index in [9.17, 15) is 19.2 Å². The summed E-state index contributed by atoms with van der Waals surface area (Å²) in [7, 11) is 3.73. The normalized spacial score (nSPS) is 29.8. The van der Waals surface area contributed by atoms with Gasteiger partial charge in [0.1, 0.15) is 18.8 Å². The minimum absolute atomic E-state index is 0.0257. The Morgan fingerprint density at radius 2 is 1.49 bits per heavy atom. The highest BCUT2D eigenvalue weighted by atomic mass is 16.6. The van der Waals surface area contributed by atoms with E-state index in [4.69, 9.17) is 19.3 Å². The van der Waals surface area contributed by atoms with E-state index in [0.29, 0.717) is 24.8 Å². The first-order chi connectivity index (χ1) is 26.1. The topological polar surface area (TPSA) is 119 Å². The van der Waals surface area contributed by atoms with E-state index in [0.717, 1.165) is 80.5 Å². The zero-order valence-corrected chi connectivity index (χ0v) is 35.7. The summed E-state index contributed by atoms with van der Waals surface area (Å²) in [6.07, 6.45) is 20.7. The molecule has 4 aliphatic rings. The lowest BCUT2D eigenvalue weighted by Gasteiger charge is -2.58. The van der Waals surface area contributed by atoms with Crippen molar-refractivity contribution in [1.29, 1.82) is 0 Å². The Morgan fingerprint density at radius 3 is 2.18 bits per heavy atom. The van der Waals surface area contributed by atoms with Crippen LogP contribution in [0.1, 0.15) is 169 Å². The molecule has 55 heavy (non-hydrogen) atoms. The molecule has 4 aliphatic carbocycles. The Labute approximate surface area is 333 Å².